The number of nitrogens with zero attached hydrogens (tertiary/aromatic N) is 5. The maximum atomic E-state index is 12.6. The van der Waals surface area contributed by atoms with E-state index in [0.29, 0.717) is 36.2 Å². The van der Waals surface area contributed by atoms with Crippen LogP contribution in [0.5, 0.6) is 0 Å². The summed E-state index contributed by atoms with van der Waals surface area (Å²) in [4.78, 5) is 34.7. The van der Waals surface area contributed by atoms with E-state index in [2.05, 4.69) is 27.3 Å². The van der Waals surface area contributed by atoms with Crippen molar-refractivity contribution in [3.05, 3.63) is 36.4 Å². The molecule has 0 spiro atoms. The Bertz CT molecular complexity index is 1300. The van der Waals surface area contributed by atoms with E-state index >= 15 is 0 Å². The highest BCUT2D eigenvalue weighted by atomic mass is 16.3. The summed E-state index contributed by atoms with van der Waals surface area (Å²) in [5.74, 6) is 0.267. The van der Waals surface area contributed by atoms with Gasteiger partial charge in [0, 0.05) is 48.8 Å². The minimum absolute atomic E-state index is 0.0897. The third-order valence-electron chi connectivity index (χ3n) is 7.41. The number of nitrogens with two attached hydrogens (primary N) is 2. The first-order valence-corrected chi connectivity index (χ1v) is 11.7. The monoisotopic (exact) mass is 478 g/mol. The predicted molar refractivity (Wildman–Crippen MR) is 130 cm³/mol. The summed E-state index contributed by atoms with van der Waals surface area (Å²) in [5, 5.41) is 18.1. The van der Waals surface area contributed by atoms with Crippen molar-refractivity contribution in [1.82, 2.24) is 24.5 Å². The second-order valence-electron chi connectivity index (χ2n) is 10.2. The summed E-state index contributed by atoms with van der Waals surface area (Å²) in [6.07, 6.45) is 7.44. The number of nitrogen functional groups attached to an aromatic ring is 1. The van der Waals surface area contributed by atoms with Crippen LogP contribution >= 0.6 is 0 Å². The number of aliphatic hydroxyl groups is 1. The molecule has 6 N–H and O–H groups in total. The van der Waals surface area contributed by atoms with E-state index in [1.165, 1.54) is 20.0 Å². The average molecular weight is 479 g/mol. The lowest BCUT2D eigenvalue weighted by atomic mass is 9.93. The van der Waals surface area contributed by atoms with Crippen molar-refractivity contribution in [3.8, 4) is 11.1 Å². The van der Waals surface area contributed by atoms with E-state index in [9.17, 15) is 14.7 Å². The van der Waals surface area contributed by atoms with Crippen LogP contribution in [0.2, 0.25) is 0 Å². The van der Waals surface area contributed by atoms with Gasteiger partial charge in [0.25, 0.3) is 11.8 Å². The van der Waals surface area contributed by atoms with Gasteiger partial charge in [-0.2, -0.15) is 5.10 Å². The van der Waals surface area contributed by atoms with Gasteiger partial charge in [-0.05, 0) is 44.1 Å². The number of fused-ring (bicyclic) bond motifs is 2. The van der Waals surface area contributed by atoms with Crippen LogP contribution in [0.15, 0.2) is 30.9 Å². The molecule has 3 aromatic heterocycles. The van der Waals surface area contributed by atoms with Crippen molar-refractivity contribution in [3.63, 3.8) is 0 Å². The average Bonchev–Trinajstić information content (AvgIpc) is 3.48. The number of primary amides is 1. The lowest BCUT2D eigenvalue weighted by molar-refractivity contribution is -0.147. The summed E-state index contributed by atoms with van der Waals surface area (Å²) in [6, 6.07) is 2.01. The van der Waals surface area contributed by atoms with Gasteiger partial charge in [-0.25, -0.2) is 14.5 Å². The predicted octanol–water partition coefficient (Wildman–Crippen LogP) is 1.14. The standard InChI is InChI=1S/C24H30N8O3/c1-12-17-11-31(22(34)24(2,3)35)9-14(17)4-18(12)30-20-16(21(25)33)8-29-32-10-13(5-19(20)32)15-6-27-23(26)28-7-15/h5-8,10,12,14,17-18,30,35H,4,9,11H2,1-3H3,(H2,25,33)(H2,26,27,28)/t12-,14+,17-,18+/m0/s1. The lowest BCUT2D eigenvalue weighted by Gasteiger charge is -2.28. The van der Waals surface area contributed by atoms with E-state index in [4.69, 9.17) is 11.5 Å². The van der Waals surface area contributed by atoms with Crippen molar-refractivity contribution >= 4 is 29.0 Å². The van der Waals surface area contributed by atoms with Crippen LogP contribution in [0.4, 0.5) is 11.6 Å². The van der Waals surface area contributed by atoms with Gasteiger partial charge in [-0.3, -0.25) is 9.59 Å². The maximum Gasteiger partial charge on any atom is 0.253 e. The molecule has 11 heteroatoms. The fourth-order valence-electron chi connectivity index (χ4n) is 5.55. The number of nitrogens with one attached hydrogen (secondary N) is 1. The van der Waals surface area contributed by atoms with Crippen LogP contribution in [-0.4, -0.2) is 66.1 Å². The maximum absolute atomic E-state index is 12.6. The molecule has 0 radical (unpaired) electrons. The van der Waals surface area contributed by atoms with E-state index in [1.807, 2.05) is 12.3 Å². The molecular formula is C24H30N8O3. The van der Waals surface area contributed by atoms with Crippen molar-refractivity contribution in [2.45, 2.75) is 38.8 Å². The molecule has 5 rings (SSSR count). The van der Waals surface area contributed by atoms with Gasteiger partial charge in [-0.1, -0.05) is 6.92 Å². The number of hydrogen-bond acceptors (Lipinski definition) is 8. The largest absolute Gasteiger partial charge is 0.381 e. The first-order valence-electron chi connectivity index (χ1n) is 11.7. The Hall–Kier alpha value is -3.73. The van der Waals surface area contributed by atoms with Gasteiger partial charge >= 0.3 is 0 Å². The number of rotatable bonds is 5. The molecule has 11 nitrogen and oxygen atoms in total. The summed E-state index contributed by atoms with van der Waals surface area (Å²) in [7, 11) is 0. The molecule has 4 heterocycles. The number of amides is 2. The summed E-state index contributed by atoms with van der Waals surface area (Å²) < 4.78 is 1.70. The Labute approximate surface area is 202 Å². The van der Waals surface area contributed by atoms with Crippen LogP contribution in [0.25, 0.3) is 16.6 Å². The highest BCUT2D eigenvalue weighted by molar-refractivity contribution is 6.02. The number of carbonyl (C=O) groups excluding carboxylic acids is 2. The fourth-order valence-corrected chi connectivity index (χ4v) is 5.55. The van der Waals surface area contributed by atoms with E-state index in [-0.39, 0.29) is 23.8 Å². The van der Waals surface area contributed by atoms with Gasteiger partial charge in [-0.15, -0.1) is 0 Å². The molecule has 35 heavy (non-hydrogen) atoms. The molecule has 0 aromatic carbocycles. The SMILES string of the molecule is C[C@H]1[C@@H]2CN(C(=O)C(C)(C)O)C[C@H]2C[C@H]1Nc1c(C(N)=O)cnn2cc(-c3cnc(N)nc3)cc12. The zero-order chi connectivity index (χ0) is 25.1. The first-order chi connectivity index (χ1) is 16.5. The van der Waals surface area contributed by atoms with Crippen molar-refractivity contribution in [1.29, 1.82) is 0 Å². The summed E-state index contributed by atoms with van der Waals surface area (Å²) in [5.41, 5.74) is 13.2. The van der Waals surface area contributed by atoms with Gasteiger partial charge in [0.2, 0.25) is 5.95 Å². The van der Waals surface area contributed by atoms with E-state index in [1.54, 1.807) is 21.8 Å². The minimum Gasteiger partial charge on any atom is -0.381 e. The molecule has 1 saturated carbocycles. The molecule has 2 aliphatic rings. The minimum atomic E-state index is -1.37. The molecule has 1 aliphatic carbocycles. The second-order valence-corrected chi connectivity index (χ2v) is 10.2. The zero-order valence-electron chi connectivity index (χ0n) is 20.0. The van der Waals surface area contributed by atoms with Crippen LogP contribution in [0.1, 0.15) is 37.6 Å². The van der Waals surface area contributed by atoms with Crippen LogP contribution in [0, 0.1) is 17.8 Å². The molecule has 0 unspecified atom stereocenters. The van der Waals surface area contributed by atoms with E-state index in [0.717, 1.165) is 23.1 Å². The smallest absolute Gasteiger partial charge is 0.253 e. The van der Waals surface area contributed by atoms with E-state index < -0.39 is 11.5 Å². The normalized spacial score (nSPS) is 24.1. The Kier molecular flexibility index (Phi) is 5.39. The zero-order valence-corrected chi connectivity index (χ0v) is 20.0. The van der Waals surface area contributed by atoms with Crippen molar-refractivity contribution in [2.24, 2.45) is 23.5 Å². The Morgan fingerprint density at radius 1 is 1.17 bits per heavy atom. The van der Waals surface area contributed by atoms with Crippen LogP contribution in [-0.2, 0) is 4.79 Å². The Morgan fingerprint density at radius 2 is 1.89 bits per heavy atom. The van der Waals surface area contributed by atoms with Crippen molar-refractivity contribution < 1.29 is 14.7 Å². The number of hydrogen-bond donors (Lipinski definition) is 4. The van der Waals surface area contributed by atoms with Crippen molar-refractivity contribution in [2.75, 3.05) is 24.1 Å². The quantitative estimate of drug-likeness (QED) is 0.424. The number of aromatic nitrogens is 4. The third-order valence-corrected chi connectivity index (χ3v) is 7.41. The molecule has 0 bridgehead atoms. The molecule has 1 aliphatic heterocycles. The molecule has 3 aromatic rings. The Balaban J connectivity index is 1.43. The molecule has 4 atom stereocenters. The number of carbonyl (C=O) groups is 2. The highest BCUT2D eigenvalue weighted by Crippen LogP contribution is 2.44. The summed E-state index contributed by atoms with van der Waals surface area (Å²) >= 11 is 0. The van der Waals surface area contributed by atoms with Crippen LogP contribution in [0.3, 0.4) is 0 Å². The fraction of sp³-hybridized carbons (Fsp3) is 0.458. The first kappa shape index (κ1) is 23.0. The van der Waals surface area contributed by atoms with Crippen LogP contribution < -0.4 is 16.8 Å². The van der Waals surface area contributed by atoms with Gasteiger partial charge in [0.15, 0.2) is 0 Å². The molecule has 2 amide bonds. The highest BCUT2D eigenvalue weighted by Gasteiger charge is 2.48. The number of likely N-dealkylation sites (tertiary alicyclic amines) is 1. The van der Waals surface area contributed by atoms with Gasteiger partial charge in [0.05, 0.1) is 23.0 Å². The molecule has 184 valence electrons. The Morgan fingerprint density at radius 3 is 2.51 bits per heavy atom. The topological polar surface area (TPSA) is 165 Å². The molecule has 2 fully saturated rings. The molecule has 1 saturated heterocycles. The third kappa shape index (κ3) is 4.05. The lowest BCUT2D eigenvalue weighted by Crippen LogP contribution is -2.45. The van der Waals surface area contributed by atoms with Gasteiger partial charge < -0.3 is 26.8 Å². The molecular weight excluding hydrogens is 448 g/mol. The van der Waals surface area contributed by atoms with Gasteiger partial charge in [0.1, 0.15) is 5.60 Å². The number of anilines is 2. The summed E-state index contributed by atoms with van der Waals surface area (Å²) in [6.45, 7) is 6.46. The second kappa shape index (κ2) is 8.19.